The Morgan fingerprint density at radius 3 is 3.00 bits per heavy atom. The molecular formula is C7H6ClN3O2. The van der Waals surface area contributed by atoms with E-state index >= 15 is 0 Å². The Balaban J connectivity index is 2.71. The first-order valence-corrected chi connectivity index (χ1v) is 3.73. The molecular weight excluding hydrogens is 194 g/mol. The van der Waals surface area contributed by atoms with Crippen molar-refractivity contribution in [3.8, 4) is 0 Å². The van der Waals surface area contributed by atoms with Crippen LogP contribution < -0.4 is 10.9 Å². The maximum absolute atomic E-state index is 11.1. The summed E-state index contributed by atoms with van der Waals surface area (Å²) in [5, 5.41) is 0.409. The van der Waals surface area contributed by atoms with Gasteiger partial charge in [-0.15, -0.1) is 0 Å². The summed E-state index contributed by atoms with van der Waals surface area (Å²) in [6.45, 7) is 0. The molecule has 68 valence electrons. The summed E-state index contributed by atoms with van der Waals surface area (Å²) in [6.07, 6.45) is 1.75. The molecule has 0 fully saturated rings. The summed E-state index contributed by atoms with van der Waals surface area (Å²) in [5.41, 5.74) is 4.24. The Kier molecular flexibility index (Phi) is 3.22. The maximum atomic E-state index is 11.1. The van der Waals surface area contributed by atoms with Crippen LogP contribution in [0.3, 0.4) is 0 Å². The van der Waals surface area contributed by atoms with Gasteiger partial charge in [0.25, 0.3) is 5.91 Å². The molecule has 0 saturated heterocycles. The molecule has 0 aromatic carbocycles. The average molecular weight is 200 g/mol. The summed E-state index contributed by atoms with van der Waals surface area (Å²) < 4.78 is 0. The fourth-order valence-corrected chi connectivity index (χ4v) is 0.848. The second kappa shape index (κ2) is 4.42. The lowest BCUT2D eigenvalue weighted by atomic mass is 10.3. The zero-order chi connectivity index (χ0) is 9.68. The molecule has 0 aliphatic carbocycles. The van der Waals surface area contributed by atoms with E-state index in [9.17, 15) is 9.59 Å². The monoisotopic (exact) mass is 199 g/mol. The van der Waals surface area contributed by atoms with E-state index in [2.05, 4.69) is 10.4 Å². The zero-order valence-corrected chi connectivity index (χ0v) is 7.21. The molecule has 0 bridgehead atoms. The van der Waals surface area contributed by atoms with Gasteiger partial charge < -0.3 is 0 Å². The third kappa shape index (κ3) is 2.72. The highest BCUT2D eigenvalue weighted by atomic mass is 35.5. The van der Waals surface area contributed by atoms with Gasteiger partial charge in [0.2, 0.25) is 6.41 Å². The highest BCUT2D eigenvalue weighted by Gasteiger charge is 2.05. The Morgan fingerprint density at radius 2 is 2.38 bits per heavy atom. The first-order chi connectivity index (χ1) is 6.24. The molecule has 1 aromatic heterocycles. The normalized spacial score (nSPS) is 9.00. The number of aromatic nitrogens is 1. The number of carbonyl (C=O) groups is 2. The van der Waals surface area contributed by atoms with E-state index in [1.165, 1.54) is 12.3 Å². The van der Waals surface area contributed by atoms with Gasteiger partial charge in [-0.2, -0.15) is 0 Å². The van der Waals surface area contributed by atoms with Crippen molar-refractivity contribution in [2.45, 2.75) is 0 Å². The number of nitrogens with one attached hydrogen (secondary N) is 2. The SMILES string of the molecule is O=CNNC(=O)c1cc(Cl)ccn1. The lowest BCUT2D eigenvalue weighted by Crippen LogP contribution is -2.36. The topological polar surface area (TPSA) is 71.1 Å². The molecule has 0 spiro atoms. The van der Waals surface area contributed by atoms with Crippen LogP contribution in [0.4, 0.5) is 0 Å². The van der Waals surface area contributed by atoms with Gasteiger partial charge in [-0.05, 0) is 12.1 Å². The zero-order valence-electron chi connectivity index (χ0n) is 6.45. The van der Waals surface area contributed by atoms with Gasteiger partial charge in [0.1, 0.15) is 5.69 Å². The molecule has 0 saturated carbocycles. The minimum atomic E-state index is -0.519. The van der Waals surface area contributed by atoms with Crippen LogP contribution in [0.1, 0.15) is 10.5 Å². The largest absolute Gasteiger partial charge is 0.288 e. The van der Waals surface area contributed by atoms with Crippen LogP contribution in [0.5, 0.6) is 0 Å². The standard InChI is InChI=1S/C7H6ClN3O2/c8-5-1-2-9-6(3-5)7(13)11-10-4-12/h1-4H,(H,10,12)(H,11,13). The highest BCUT2D eigenvalue weighted by Crippen LogP contribution is 2.07. The van der Waals surface area contributed by atoms with Crippen LogP contribution in [0.25, 0.3) is 0 Å². The van der Waals surface area contributed by atoms with Crippen molar-refractivity contribution in [2.75, 3.05) is 0 Å². The van der Waals surface area contributed by atoms with Crippen molar-refractivity contribution in [1.29, 1.82) is 0 Å². The molecule has 1 aromatic rings. The van der Waals surface area contributed by atoms with Crippen LogP contribution in [0, 0.1) is 0 Å². The van der Waals surface area contributed by atoms with Gasteiger partial charge >= 0.3 is 0 Å². The molecule has 0 radical (unpaired) electrons. The number of pyridine rings is 1. The summed E-state index contributed by atoms with van der Waals surface area (Å²) in [7, 11) is 0. The van der Waals surface area contributed by atoms with Crippen LogP contribution >= 0.6 is 11.6 Å². The number of amides is 2. The van der Waals surface area contributed by atoms with E-state index in [1.807, 2.05) is 5.43 Å². The summed E-state index contributed by atoms with van der Waals surface area (Å²) in [6, 6.07) is 2.94. The number of halogens is 1. The van der Waals surface area contributed by atoms with E-state index < -0.39 is 5.91 Å². The molecule has 13 heavy (non-hydrogen) atoms. The van der Waals surface area contributed by atoms with Crippen molar-refractivity contribution in [1.82, 2.24) is 15.8 Å². The third-order valence-electron chi connectivity index (χ3n) is 1.20. The number of hydrazine groups is 1. The Hall–Kier alpha value is -1.62. The van der Waals surface area contributed by atoms with Gasteiger partial charge in [0.05, 0.1) is 0 Å². The molecule has 5 nitrogen and oxygen atoms in total. The molecule has 0 unspecified atom stereocenters. The predicted molar refractivity (Wildman–Crippen MR) is 45.9 cm³/mol. The first-order valence-electron chi connectivity index (χ1n) is 3.35. The lowest BCUT2D eigenvalue weighted by Gasteiger charge is -2.01. The number of hydrogen-bond acceptors (Lipinski definition) is 3. The van der Waals surface area contributed by atoms with Crippen molar-refractivity contribution in [3.05, 3.63) is 29.0 Å². The average Bonchev–Trinajstić information content (AvgIpc) is 2.14. The minimum Gasteiger partial charge on any atom is -0.277 e. The maximum Gasteiger partial charge on any atom is 0.288 e. The van der Waals surface area contributed by atoms with Crippen molar-refractivity contribution >= 4 is 23.9 Å². The molecule has 1 rings (SSSR count). The highest BCUT2D eigenvalue weighted by molar-refractivity contribution is 6.30. The van der Waals surface area contributed by atoms with E-state index in [1.54, 1.807) is 6.07 Å². The number of nitrogens with zero attached hydrogens (tertiary/aromatic N) is 1. The molecule has 2 N–H and O–H groups in total. The second-order valence-electron chi connectivity index (χ2n) is 2.08. The van der Waals surface area contributed by atoms with Crippen molar-refractivity contribution < 1.29 is 9.59 Å². The molecule has 2 amide bonds. The molecule has 0 atom stereocenters. The smallest absolute Gasteiger partial charge is 0.277 e. The van der Waals surface area contributed by atoms with Crippen molar-refractivity contribution in [2.24, 2.45) is 0 Å². The van der Waals surface area contributed by atoms with Gasteiger partial charge in [-0.3, -0.25) is 25.4 Å². The van der Waals surface area contributed by atoms with Crippen LogP contribution in [-0.2, 0) is 4.79 Å². The molecule has 0 aliphatic rings. The first kappa shape index (κ1) is 9.47. The fraction of sp³-hybridized carbons (Fsp3) is 0. The lowest BCUT2D eigenvalue weighted by molar-refractivity contribution is -0.110. The van der Waals surface area contributed by atoms with Crippen LogP contribution in [0.15, 0.2) is 18.3 Å². The number of carbonyl (C=O) groups excluding carboxylic acids is 2. The minimum absolute atomic E-state index is 0.141. The molecule has 6 heteroatoms. The molecule has 0 aliphatic heterocycles. The fourth-order valence-electron chi connectivity index (χ4n) is 0.688. The number of hydrogen-bond donors (Lipinski definition) is 2. The van der Waals surface area contributed by atoms with E-state index in [4.69, 9.17) is 11.6 Å². The van der Waals surface area contributed by atoms with Gasteiger partial charge in [-0.1, -0.05) is 11.6 Å². The van der Waals surface area contributed by atoms with Gasteiger partial charge in [0.15, 0.2) is 0 Å². The summed E-state index contributed by atoms with van der Waals surface area (Å²) >= 11 is 5.61. The van der Waals surface area contributed by atoms with Crippen LogP contribution in [-0.4, -0.2) is 17.3 Å². The second-order valence-corrected chi connectivity index (χ2v) is 2.51. The number of rotatable bonds is 3. The Bertz CT molecular complexity index is 329. The van der Waals surface area contributed by atoms with Gasteiger partial charge in [0, 0.05) is 11.2 Å². The van der Waals surface area contributed by atoms with Crippen molar-refractivity contribution in [3.63, 3.8) is 0 Å². The Morgan fingerprint density at radius 1 is 1.62 bits per heavy atom. The van der Waals surface area contributed by atoms with E-state index in [0.717, 1.165) is 0 Å². The van der Waals surface area contributed by atoms with E-state index in [-0.39, 0.29) is 5.69 Å². The summed E-state index contributed by atoms with van der Waals surface area (Å²) in [4.78, 5) is 24.7. The predicted octanol–water partition coefficient (Wildman–Crippen LogP) is 0.126. The molecule has 1 heterocycles. The van der Waals surface area contributed by atoms with Gasteiger partial charge in [-0.25, -0.2) is 0 Å². The Labute approximate surface area is 79.1 Å². The van der Waals surface area contributed by atoms with Crippen LogP contribution in [0.2, 0.25) is 5.02 Å². The third-order valence-corrected chi connectivity index (χ3v) is 1.43. The van der Waals surface area contributed by atoms with E-state index in [0.29, 0.717) is 11.4 Å². The summed E-state index contributed by atoms with van der Waals surface area (Å²) in [5.74, 6) is -0.519. The quantitative estimate of drug-likeness (QED) is 0.537.